The minimum absolute atomic E-state index is 0.197. The zero-order valence-electron chi connectivity index (χ0n) is 16.6. The Morgan fingerprint density at radius 3 is 2.26 bits per heavy atom. The SMILES string of the molecule is Cc1ccc(NC(=O)c2ccccc2NC(=O)C(=O)N/N=C/c2ccccc2Cl)cc1. The highest BCUT2D eigenvalue weighted by molar-refractivity contribution is 6.40. The summed E-state index contributed by atoms with van der Waals surface area (Å²) in [5, 5.41) is 9.39. The van der Waals surface area contributed by atoms with Crippen LogP contribution in [0.25, 0.3) is 0 Å². The van der Waals surface area contributed by atoms with Gasteiger partial charge in [0.05, 0.1) is 17.5 Å². The lowest BCUT2D eigenvalue weighted by Gasteiger charge is -2.11. The van der Waals surface area contributed by atoms with Crippen molar-refractivity contribution in [3.63, 3.8) is 0 Å². The molecule has 0 radical (unpaired) electrons. The van der Waals surface area contributed by atoms with Crippen LogP contribution >= 0.6 is 11.6 Å². The third-order valence-corrected chi connectivity index (χ3v) is 4.55. The summed E-state index contributed by atoms with van der Waals surface area (Å²) in [6.45, 7) is 1.94. The molecule has 0 heterocycles. The van der Waals surface area contributed by atoms with Crippen molar-refractivity contribution in [1.82, 2.24) is 5.43 Å². The first-order valence-corrected chi connectivity index (χ1v) is 9.68. The van der Waals surface area contributed by atoms with Crippen LogP contribution in [0.4, 0.5) is 11.4 Å². The fourth-order valence-electron chi connectivity index (χ4n) is 2.60. The largest absolute Gasteiger partial charge is 0.329 e. The molecular formula is C23H19ClN4O3. The highest BCUT2D eigenvalue weighted by atomic mass is 35.5. The molecule has 0 saturated heterocycles. The lowest BCUT2D eigenvalue weighted by Crippen LogP contribution is -2.33. The van der Waals surface area contributed by atoms with E-state index in [2.05, 4.69) is 21.2 Å². The number of nitrogens with one attached hydrogen (secondary N) is 3. The van der Waals surface area contributed by atoms with Crippen LogP contribution in [-0.4, -0.2) is 23.9 Å². The molecule has 0 aliphatic heterocycles. The van der Waals surface area contributed by atoms with Gasteiger partial charge in [-0.05, 0) is 37.3 Å². The Morgan fingerprint density at radius 1 is 0.839 bits per heavy atom. The fraction of sp³-hybridized carbons (Fsp3) is 0.0435. The molecular weight excluding hydrogens is 416 g/mol. The normalized spacial score (nSPS) is 10.5. The first-order valence-electron chi connectivity index (χ1n) is 9.30. The third-order valence-electron chi connectivity index (χ3n) is 4.21. The summed E-state index contributed by atoms with van der Waals surface area (Å²) in [4.78, 5) is 36.9. The van der Waals surface area contributed by atoms with E-state index in [0.29, 0.717) is 16.3 Å². The van der Waals surface area contributed by atoms with Gasteiger partial charge in [0.15, 0.2) is 0 Å². The predicted molar refractivity (Wildman–Crippen MR) is 121 cm³/mol. The molecule has 7 nitrogen and oxygen atoms in total. The molecule has 0 saturated carbocycles. The van der Waals surface area contributed by atoms with Crippen LogP contribution in [0, 0.1) is 6.92 Å². The molecule has 3 aromatic carbocycles. The van der Waals surface area contributed by atoms with Gasteiger partial charge in [-0.25, -0.2) is 5.43 Å². The minimum atomic E-state index is -0.989. The number of hydrazone groups is 1. The molecule has 0 bridgehead atoms. The van der Waals surface area contributed by atoms with Gasteiger partial charge in [0.1, 0.15) is 0 Å². The van der Waals surface area contributed by atoms with Crippen LogP contribution < -0.4 is 16.1 Å². The molecule has 0 atom stereocenters. The summed E-state index contributed by atoms with van der Waals surface area (Å²) in [6.07, 6.45) is 1.33. The van der Waals surface area contributed by atoms with Crippen molar-refractivity contribution < 1.29 is 14.4 Å². The van der Waals surface area contributed by atoms with Crippen molar-refractivity contribution in [2.24, 2.45) is 5.10 Å². The van der Waals surface area contributed by atoms with Crippen molar-refractivity contribution in [3.05, 3.63) is 94.5 Å². The number of carbonyl (C=O) groups is 3. The van der Waals surface area contributed by atoms with Gasteiger partial charge in [-0.15, -0.1) is 0 Å². The Hall–Kier alpha value is -3.97. The minimum Gasteiger partial charge on any atom is -0.322 e. The Bertz CT molecular complexity index is 1140. The van der Waals surface area contributed by atoms with Crippen LogP contribution in [0.15, 0.2) is 77.9 Å². The molecule has 0 aliphatic rings. The zero-order chi connectivity index (χ0) is 22.2. The predicted octanol–water partition coefficient (Wildman–Crippen LogP) is 3.99. The van der Waals surface area contributed by atoms with E-state index < -0.39 is 17.7 Å². The van der Waals surface area contributed by atoms with E-state index in [1.165, 1.54) is 12.3 Å². The van der Waals surface area contributed by atoms with Gasteiger partial charge >= 0.3 is 11.8 Å². The van der Waals surface area contributed by atoms with E-state index in [-0.39, 0.29) is 11.3 Å². The van der Waals surface area contributed by atoms with E-state index in [9.17, 15) is 14.4 Å². The van der Waals surface area contributed by atoms with Gasteiger partial charge in [0, 0.05) is 16.3 Å². The quantitative estimate of drug-likeness (QED) is 0.321. The highest BCUT2D eigenvalue weighted by Crippen LogP contribution is 2.18. The summed E-state index contributed by atoms with van der Waals surface area (Å²) in [5.74, 6) is -2.37. The van der Waals surface area contributed by atoms with E-state index >= 15 is 0 Å². The first-order chi connectivity index (χ1) is 14.9. The second-order valence-electron chi connectivity index (χ2n) is 6.54. The smallest absolute Gasteiger partial charge is 0.322 e. The average molecular weight is 435 g/mol. The molecule has 0 fully saturated rings. The number of carbonyl (C=O) groups excluding carboxylic acids is 3. The summed E-state index contributed by atoms with van der Waals surface area (Å²) in [6, 6.07) is 20.6. The number of para-hydroxylation sites is 1. The Balaban J connectivity index is 1.64. The van der Waals surface area contributed by atoms with E-state index in [0.717, 1.165) is 5.56 Å². The molecule has 0 spiro atoms. The summed E-state index contributed by atoms with van der Waals surface area (Å²) in [7, 11) is 0. The van der Waals surface area contributed by atoms with Gasteiger partial charge in [0.25, 0.3) is 5.91 Å². The van der Waals surface area contributed by atoms with Crippen LogP contribution in [0.3, 0.4) is 0 Å². The number of rotatable bonds is 5. The van der Waals surface area contributed by atoms with E-state index in [4.69, 9.17) is 11.6 Å². The Kier molecular flexibility index (Phi) is 7.13. The maximum absolute atomic E-state index is 12.6. The second-order valence-corrected chi connectivity index (χ2v) is 6.95. The molecule has 0 unspecified atom stereocenters. The fourth-order valence-corrected chi connectivity index (χ4v) is 2.78. The number of amides is 3. The number of anilines is 2. The van der Waals surface area contributed by atoms with E-state index in [1.807, 2.05) is 19.1 Å². The first kappa shape index (κ1) is 21.7. The number of halogens is 1. The van der Waals surface area contributed by atoms with Crippen molar-refractivity contribution in [1.29, 1.82) is 0 Å². The number of nitrogens with zero attached hydrogens (tertiary/aromatic N) is 1. The number of hydrogen-bond donors (Lipinski definition) is 3. The second kappa shape index (κ2) is 10.2. The van der Waals surface area contributed by atoms with Gasteiger partial charge in [-0.1, -0.05) is 59.6 Å². The number of aryl methyl sites for hydroxylation is 1. The van der Waals surface area contributed by atoms with Crippen molar-refractivity contribution in [2.75, 3.05) is 10.6 Å². The Morgan fingerprint density at radius 2 is 1.52 bits per heavy atom. The van der Waals surface area contributed by atoms with Gasteiger partial charge < -0.3 is 10.6 Å². The number of hydrogen-bond acceptors (Lipinski definition) is 4. The summed E-state index contributed by atoms with van der Waals surface area (Å²) in [5.41, 5.74) is 4.80. The van der Waals surface area contributed by atoms with Crippen LogP contribution in [0.5, 0.6) is 0 Å². The van der Waals surface area contributed by atoms with Crippen molar-refractivity contribution in [3.8, 4) is 0 Å². The average Bonchev–Trinajstić information content (AvgIpc) is 2.77. The third kappa shape index (κ3) is 6.01. The van der Waals surface area contributed by atoms with Crippen molar-refractivity contribution >= 4 is 46.9 Å². The maximum Gasteiger partial charge on any atom is 0.329 e. The molecule has 8 heteroatoms. The van der Waals surface area contributed by atoms with Gasteiger partial charge in [-0.3, -0.25) is 14.4 Å². The molecule has 3 rings (SSSR count). The molecule has 3 N–H and O–H groups in total. The van der Waals surface area contributed by atoms with E-state index in [1.54, 1.807) is 54.6 Å². The molecule has 31 heavy (non-hydrogen) atoms. The van der Waals surface area contributed by atoms with Crippen molar-refractivity contribution in [2.45, 2.75) is 6.92 Å². The highest BCUT2D eigenvalue weighted by Gasteiger charge is 2.17. The van der Waals surface area contributed by atoms with Crippen LogP contribution in [-0.2, 0) is 9.59 Å². The van der Waals surface area contributed by atoms with Crippen LogP contribution in [0.2, 0.25) is 5.02 Å². The maximum atomic E-state index is 12.6. The molecule has 3 aromatic rings. The zero-order valence-corrected chi connectivity index (χ0v) is 17.3. The lowest BCUT2D eigenvalue weighted by atomic mass is 10.1. The van der Waals surface area contributed by atoms with Gasteiger partial charge in [-0.2, -0.15) is 5.10 Å². The molecule has 156 valence electrons. The molecule has 3 amide bonds. The standard InChI is InChI=1S/C23H19ClN4O3/c1-15-10-12-17(13-11-15)26-21(29)18-7-3-5-9-20(18)27-22(30)23(31)28-25-14-16-6-2-4-8-19(16)24/h2-14H,1H3,(H,26,29)(H,27,30)(H,28,31)/b25-14+. The summed E-state index contributed by atoms with van der Waals surface area (Å²) < 4.78 is 0. The van der Waals surface area contributed by atoms with Crippen LogP contribution in [0.1, 0.15) is 21.5 Å². The lowest BCUT2D eigenvalue weighted by molar-refractivity contribution is -0.136. The number of benzene rings is 3. The van der Waals surface area contributed by atoms with Gasteiger partial charge in [0.2, 0.25) is 0 Å². The molecule has 0 aromatic heterocycles. The molecule has 0 aliphatic carbocycles. The topological polar surface area (TPSA) is 99.7 Å². The summed E-state index contributed by atoms with van der Waals surface area (Å²) >= 11 is 6.00. The monoisotopic (exact) mass is 434 g/mol. The Labute approximate surface area is 184 Å².